The van der Waals surface area contributed by atoms with E-state index >= 15 is 0 Å². The standard InChI is InChI=1S/C29H38N6O4/c1-17-7-9-18(10-8-17)24(33-27(37)25-19-5-3-4-6-21(19)34-35(25)2)26(36)32-23-15-22-20(16-30-23)29(28(38)31-22)11-13-39-14-12-29/h15-18,24H,3-14H2,1-2H3,(H,31,38)(H,33,37)(H,30,32,36)/t17-,18-,24-/m0/s1. The largest absolute Gasteiger partial charge is 0.381 e. The minimum Gasteiger partial charge on any atom is -0.381 e. The maximum Gasteiger partial charge on any atom is 0.270 e. The van der Waals surface area contributed by atoms with Crippen LogP contribution in [-0.2, 0) is 39.6 Å². The van der Waals surface area contributed by atoms with Gasteiger partial charge in [0.05, 0.1) is 16.8 Å². The highest BCUT2D eigenvalue weighted by atomic mass is 16.5. The second-order valence-corrected chi connectivity index (χ2v) is 11.8. The van der Waals surface area contributed by atoms with Crippen molar-refractivity contribution in [3.63, 3.8) is 0 Å². The third kappa shape index (κ3) is 4.73. The molecule has 208 valence electrons. The van der Waals surface area contributed by atoms with E-state index in [1.165, 1.54) is 0 Å². The molecule has 2 fully saturated rings. The number of aryl methyl sites for hydroxylation is 2. The zero-order valence-electron chi connectivity index (χ0n) is 22.8. The molecule has 1 saturated heterocycles. The number of anilines is 2. The highest BCUT2D eigenvalue weighted by Gasteiger charge is 2.48. The molecule has 4 aliphatic rings. The van der Waals surface area contributed by atoms with Gasteiger partial charge in [-0.1, -0.05) is 19.8 Å². The van der Waals surface area contributed by atoms with Gasteiger partial charge in [0, 0.05) is 43.7 Å². The quantitative estimate of drug-likeness (QED) is 0.540. The van der Waals surface area contributed by atoms with Gasteiger partial charge in [-0.25, -0.2) is 4.98 Å². The number of nitrogens with zero attached hydrogens (tertiary/aromatic N) is 3. The smallest absolute Gasteiger partial charge is 0.270 e. The normalized spacial score (nSPS) is 24.4. The number of ether oxygens (including phenoxy) is 1. The lowest BCUT2D eigenvalue weighted by molar-refractivity contribution is -0.124. The molecule has 2 aliphatic carbocycles. The number of rotatable bonds is 5. The van der Waals surface area contributed by atoms with E-state index in [2.05, 4.69) is 33.0 Å². The molecule has 3 amide bonds. The van der Waals surface area contributed by atoms with Crippen LogP contribution in [0.2, 0.25) is 0 Å². The van der Waals surface area contributed by atoms with Crippen LogP contribution < -0.4 is 16.0 Å². The fourth-order valence-electron chi connectivity index (χ4n) is 6.98. The molecule has 1 spiro atoms. The van der Waals surface area contributed by atoms with Crippen molar-refractivity contribution in [3.05, 3.63) is 34.8 Å². The van der Waals surface area contributed by atoms with Crippen molar-refractivity contribution in [3.8, 4) is 0 Å². The lowest BCUT2D eigenvalue weighted by atomic mass is 9.76. The molecule has 2 aromatic rings. The first-order chi connectivity index (χ1) is 18.9. The summed E-state index contributed by atoms with van der Waals surface area (Å²) in [5.74, 6) is 0.452. The van der Waals surface area contributed by atoms with Crippen molar-refractivity contribution < 1.29 is 19.1 Å². The first-order valence-electron chi connectivity index (χ1n) is 14.4. The molecule has 1 atom stereocenters. The zero-order valence-corrected chi connectivity index (χ0v) is 22.8. The Morgan fingerprint density at radius 1 is 1.15 bits per heavy atom. The van der Waals surface area contributed by atoms with E-state index in [1.54, 1.807) is 24.0 Å². The highest BCUT2D eigenvalue weighted by Crippen LogP contribution is 2.44. The van der Waals surface area contributed by atoms with Crippen molar-refractivity contribution in [1.29, 1.82) is 0 Å². The van der Waals surface area contributed by atoms with Crippen molar-refractivity contribution >= 4 is 29.2 Å². The number of nitrogens with one attached hydrogen (secondary N) is 3. The summed E-state index contributed by atoms with van der Waals surface area (Å²) in [6, 6.07) is 1.04. The van der Waals surface area contributed by atoms with Crippen LogP contribution in [0.5, 0.6) is 0 Å². The zero-order chi connectivity index (χ0) is 27.1. The van der Waals surface area contributed by atoms with E-state index < -0.39 is 11.5 Å². The topological polar surface area (TPSA) is 127 Å². The fraction of sp³-hybridized carbons (Fsp3) is 0.621. The number of amides is 3. The van der Waals surface area contributed by atoms with Gasteiger partial charge >= 0.3 is 0 Å². The van der Waals surface area contributed by atoms with E-state index in [-0.39, 0.29) is 23.6 Å². The molecule has 0 unspecified atom stereocenters. The van der Waals surface area contributed by atoms with Crippen LogP contribution in [0.3, 0.4) is 0 Å². The molecule has 4 heterocycles. The second-order valence-electron chi connectivity index (χ2n) is 11.8. The number of aromatic nitrogens is 3. The maximum absolute atomic E-state index is 13.7. The third-order valence-corrected chi connectivity index (χ3v) is 9.33. The van der Waals surface area contributed by atoms with Gasteiger partial charge in [-0.15, -0.1) is 0 Å². The van der Waals surface area contributed by atoms with Gasteiger partial charge in [0.15, 0.2) is 0 Å². The van der Waals surface area contributed by atoms with Gasteiger partial charge in [-0.05, 0) is 63.2 Å². The van der Waals surface area contributed by atoms with Crippen LogP contribution >= 0.6 is 0 Å². The Morgan fingerprint density at radius 2 is 1.90 bits per heavy atom. The molecule has 2 aromatic heterocycles. The van der Waals surface area contributed by atoms with Crippen LogP contribution in [0.4, 0.5) is 11.5 Å². The molecule has 10 nitrogen and oxygen atoms in total. The lowest BCUT2D eigenvalue weighted by Gasteiger charge is -2.32. The van der Waals surface area contributed by atoms with Crippen molar-refractivity contribution in [2.24, 2.45) is 18.9 Å². The summed E-state index contributed by atoms with van der Waals surface area (Å²) in [5.41, 5.74) is 3.50. The fourth-order valence-corrected chi connectivity index (χ4v) is 6.98. The molecule has 10 heteroatoms. The number of fused-ring (bicyclic) bond motifs is 3. The summed E-state index contributed by atoms with van der Waals surface area (Å²) < 4.78 is 7.15. The van der Waals surface area contributed by atoms with Gasteiger partial charge in [-0.2, -0.15) is 5.10 Å². The number of hydrogen-bond donors (Lipinski definition) is 3. The van der Waals surface area contributed by atoms with Gasteiger partial charge in [-0.3, -0.25) is 19.1 Å². The van der Waals surface area contributed by atoms with Gasteiger partial charge in [0.25, 0.3) is 5.91 Å². The number of carbonyl (C=O) groups excluding carboxylic acids is 3. The molecule has 0 radical (unpaired) electrons. The first kappa shape index (κ1) is 26.0. The summed E-state index contributed by atoms with van der Waals surface area (Å²) >= 11 is 0. The Morgan fingerprint density at radius 3 is 2.67 bits per heavy atom. The van der Waals surface area contributed by atoms with Gasteiger partial charge < -0.3 is 20.7 Å². The van der Waals surface area contributed by atoms with E-state index in [4.69, 9.17) is 4.74 Å². The van der Waals surface area contributed by atoms with Crippen LogP contribution in [0.15, 0.2) is 12.3 Å². The molecule has 39 heavy (non-hydrogen) atoms. The molecule has 2 aliphatic heterocycles. The minimum absolute atomic E-state index is 0.0351. The second kappa shape index (κ2) is 10.4. The Kier molecular flexibility index (Phi) is 6.91. The van der Waals surface area contributed by atoms with E-state index in [9.17, 15) is 14.4 Å². The molecular formula is C29H38N6O4. The minimum atomic E-state index is -0.689. The predicted octanol–water partition coefficient (Wildman–Crippen LogP) is 3.26. The average Bonchev–Trinajstić information content (AvgIpc) is 3.40. The van der Waals surface area contributed by atoms with Crippen molar-refractivity contribution in [2.45, 2.75) is 82.6 Å². The van der Waals surface area contributed by atoms with E-state index in [0.29, 0.717) is 49.2 Å². The number of hydrogen-bond acceptors (Lipinski definition) is 6. The highest BCUT2D eigenvalue weighted by molar-refractivity contribution is 6.07. The monoisotopic (exact) mass is 534 g/mol. The Bertz CT molecular complexity index is 1290. The number of carbonyl (C=O) groups is 3. The molecule has 0 aromatic carbocycles. The van der Waals surface area contributed by atoms with Crippen molar-refractivity contribution in [1.82, 2.24) is 20.1 Å². The van der Waals surface area contributed by atoms with Crippen LogP contribution in [0.1, 0.15) is 85.6 Å². The van der Waals surface area contributed by atoms with E-state index in [1.807, 2.05) is 0 Å². The Balaban J connectivity index is 1.23. The van der Waals surface area contributed by atoms with Crippen LogP contribution in [0, 0.1) is 11.8 Å². The van der Waals surface area contributed by atoms with Gasteiger partial charge in [0.1, 0.15) is 17.6 Å². The predicted molar refractivity (Wildman–Crippen MR) is 145 cm³/mol. The summed E-state index contributed by atoms with van der Waals surface area (Å²) in [7, 11) is 1.80. The van der Waals surface area contributed by atoms with Crippen LogP contribution in [0.25, 0.3) is 0 Å². The lowest BCUT2D eigenvalue weighted by Crippen LogP contribution is -2.50. The molecule has 3 N–H and O–H groups in total. The molecule has 0 bridgehead atoms. The summed E-state index contributed by atoms with van der Waals surface area (Å²) in [6.45, 7) is 3.30. The SMILES string of the molecule is Cn1nc2c(c1C(=O)N[C@H](C(=O)Nc1cc3c(cn1)C1(CCOCC1)C(=O)N3)[C@H]1CC[C@H](C)CC1)CCCC2. The summed E-state index contributed by atoms with van der Waals surface area (Å²) in [4.78, 5) is 44.8. The Hall–Kier alpha value is -3.27. The third-order valence-electron chi connectivity index (χ3n) is 9.33. The average molecular weight is 535 g/mol. The molecular weight excluding hydrogens is 496 g/mol. The van der Waals surface area contributed by atoms with Crippen molar-refractivity contribution in [2.75, 3.05) is 23.8 Å². The summed E-state index contributed by atoms with van der Waals surface area (Å²) in [6.07, 6.45) is 10.6. The first-order valence-corrected chi connectivity index (χ1v) is 14.4. The van der Waals surface area contributed by atoms with Gasteiger partial charge in [0.2, 0.25) is 11.8 Å². The Labute approximate surface area is 228 Å². The summed E-state index contributed by atoms with van der Waals surface area (Å²) in [5, 5.41) is 13.6. The molecule has 1 saturated carbocycles. The number of pyridine rings is 1. The maximum atomic E-state index is 13.7. The molecule has 6 rings (SSSR count). The van der Waals surface area contributed by atoms with E-state index in [0.717, 1.165) is 68.2 Å². The van der Waals surface area contributed by atoms with Crippen LogP contribution in [-0.4, -0.2) is 51.7 Å².